The van der Waals surface area contributed by atoms with Crippen molar-refractivity contribution in [2.24, 2.45) is 0 Å². The van der Waals surface area contributed by atoms with Gasteiger partial charge in [-0.3, -0.25) is 9.59 Å². The van der Waals surface area contributed by atoms with Gasteiger partial charge in [-0.15, -0.1) is 10.2 Å². The van der Waals surface area contributed by atoms with Gasteiger partial charge in [-0.25, -0.2) is 13.1 Å². The van der Waals surface area contributed by atoms with Crippen molar-refractivity contribution in [1.82, 2.24) is 14.9 Å². The van der Waals surface area contributed by atoms with E-state index in [9.17, 15) is 18.0 Å². The lowest BCUT2D eigenvalue weighted by molar-refractivity contribution is -0.116. The Morgan fingerprint density at radius 1 is 1.12 bits per heavy atom. The van der Waals surface area contributed by atoms with E-state index in [0.29, 0.717) is 10.8 Å². The van der Waals surface area contributed by atoms with Crippen LogP contribution in [0.3, 0.4) is 0 Å². The molecule has 140 valence electrons. The average Bonchev–Trinajstić information content (AvgIpc) is 3.02. The highest BCUT2D eigenvalue weighted by Crippen LogP contribution is 2.16. The number of sulfonamides is 1. The molecule has 0 saturated carbocycles. The summed E-state index contributed by atoms with van der Waals surface area (Å²) in [6, 6.07) is 5.73. The number of hydrogen-bond donors (Lipinski definition) is 3. The molecule has 0 saturated heterocycles. The molecule has 2 rings (SSSR count). The molecule has 1 aromatic heterocycles. The van der Waals surface area contributed by atoms with Crippen LogP contribution in [0, 0.1) is 0 Å². The van der Waals surface area contributed by atoms with Gasteiger partial charge in [0.2, 0.25) is 27.0 Å². The minimum atomic E-state index is -3.74. The Morgan fingerprint density at radius 2 is 1.81 bits per heavy atom. The normalized spacial score (nSPS) is 11.2. The Balaban J connectivity index is 1.85. The van der Waals surface area contributed by atoms with Crippen LogP contribution in [0.25, 0.3) is 0 Å². The third-order valence-corrected chi connectivity index (χ3v) is 5.60. The van der Waals surface area contributed by atoms with Crippen molar-refractivity contribution in [3.8, 4) is 0 Å². The Bertz CT molecular complexity index is 878. The molecule has 2 aromatic rings. The van der Waals surface area contributed by atoms with E-state index in [-0.39, 0.29) is 29.7 Å². The minimum absolute atomic E-state index is 0.0375. The van der Waals surface area contributed by atoms with E-state index < -0.39 is 10.0 Å². The summed E-state index contributed by atoms with van der Waals surface area (Å²) in [4.78, 5) is 22.8. The van der Waals surface area contributed by atoms with Gasteiger partial charge in [0.25, 0.3) is 0 Å². The molecule has 0 aliphatic carbocycles. The Kier molecular flexibility index (Phi) is 6.77. The number of aryl methyl sites for hydroxylation is 1. The highest BCUT2D eigenvalue weighted by molar-refractivity contribution is 7.89. The van der Waals surface area contributed by atoms with Gasteiger partial charge in [0.1, 0.15) is 5.01 Å². The van der Waals surface area contributed by atoms with Crippen molar-refractivity contribution >= 4 is 44.0 Å². The number of hydrogen-bond acceptors (Lipinski definition) is 7. The molecule has 0 aliphatic rings. The molecule has 0 unspecified atom stereocenters. The molecule has 0 radical (unpaired) electrons. The predicted octanol–water partition coefficient (Wildman–Crippen LogP) is 1.37. The van der Waals surface area contributed by atoms with Crippen molar-refractivity contribution in [1.29, 1.82) is 0 Å². The first-order chi connectivity index (χ1) is 12.3. The number of rotatable bonds is 8. The third kappa shape index (κ3) is 5.86. The highest BCUT2D eigenvalue weighted by Gasteiger charge is 2.15. The van der Waals surface area contributed by atoms with Crippen LogP contribution in [0.1, 0.15) is 25.3 Å². The predicted molar refractivity (Wildman–Crippen MR) is 98.5 cm³/mol. The number of nitrogens with one attached hydrogen (secondary N) is 3. The molecule has 0 aliphatic heterocycles. The zero-order chi connectivity index (χ0) is 19.2. The van der Waals surface area contributed by atoms with Crippen molar-refractivity contribution in [3.05, 3.63) is 29.3 Å². The largest absolute Gasteiger partial charge is 0.326 e. The molecule has 9 nitrogen and oxygen atoms in total. The number of aromatic nitrogens is 2. The van der Waals surface area contributed by atoms with Gasteiger partial charge in [-0.2, -0.15) is 0 Å². The van der Waals surface area contributed by atoms with E-state index in [2.05, 4.69) is 25.6 Å². The van der Waals surface area contributed by atoms with Gasteiger partial charge < -0.3 is 10.6 Å². The standard InChI is InChI=1S/C15H19N5O4S2/c1-3-14-19-20-15(25-14)18-13(22)8-9-16-26(23,24)12-6-4-11(5-7-12)17-10(2)21/h4-7,16H,3,8-9H2,1-2H3,(H,17,21)(H,18,20,22). The van der Waals surface area contributed by atoms with Crippen LogP contribution in [0.4, 0.5) is 10.8 Å². The lowest BCUT2D eigenvalue weighted by Gasteiger charge is -2.08. The molecule has 1 heterocycles. The molecule has 0 bridgehead atoms. The maximum absolute atomic E-state index is 12.2. The fourth-order valence-electron chi connectivity index (χ4n) is 1.93. The Hall–Kier alpha value is -2.37. The molecule has 0 spiro atoms. The topological polar surface area (TPSA) is 130 Å². The van der Waals surface area contributed by atoms with E-state index in [4.69, 9.17) is 0 Å². The smallest absolute Gasteiger partial charge is 0.240 e. The summed E-state index contributed by atoms with van der Waals surface area (Å²) in [5, 5.41) is 14.0. The van der Waals surface area contributed by atoms with Crippen LogP contribution in [0.15, 0.2) is 29.2 Å². The SMILES string of the molecule is CCc1nnc(NC(=O)CCNS(=O)(=O)c2ccc(NC(C)=O)cc2)s1. The maximum atomic E-state index is 12.2. The second-order valence-corrected chi connectivity index (χ2v) is 8.09. The quantitative estimate of drug-likeness (QED) is 0.617. The lowest BCUT2D eigenvalue weighted by atomic mass is 10.3. The Labute approximate surface area is 155 Å². The van der Waals surface area contributed by atoms with E-state index in [1.165, 1.54) is 42.5 Å². The monoisotopic (exact) mass is 397 g/mol. The van der Waals surface area contributed by atoms with Crippen molar-refractivity contribution in [2.75, 3.05) is 17.2 Å². The average molecular weight is 397 g/mol. The first-order valence-corrected chi connectivity index (χ1v) is 10.1. The summed E-state index contributed by atoms with van der Waals surface area (Å²) in [6.45, 7) is 3.24. The van der Waals surface area contributed by atoms with Gasteiger partial charge >= 0.3 is 0 Å². The first-order valence-electron chi connectivity index (χ1n) is 7.79. The summed E-state index contributed by atoms with van der Waals surface area (Å²) in [5.41, 5.74) is 0.499. The molecular weight excluding hydrogens is 378 g/mol. The molecular formula is C15H19N5O4S2. The van der Waals surface area contributed by atoms with Crippen molar-refractivity contribution in [3.63, 3.8) is 0 Å². The zero-order valence-electron chi connectivity index (χ0n) is 14.3. The van der Waals surface area contributed by atoms with Gasteiger partial charge in [0, 0.05) is 25.6 Å². The van der Waals surface area contributed by atoms with Crippen molar-refractivity contribution in [2.45, 2.75) is 31.6 Å². The minimum Gasteiger partial charge on any atom is -0.326 e. The van der Waals surface area contributed by atoms with Crippen LogP contribution in [0.2, 0.25) is 0 Å². The number of benzene rings is 1. The summed E-state index contributed by atoms with van der Waals surface area (Å²) < 4.78 is 26.8. The van der Waals surface area contributed by atoms with Crippen LogP contribution in [-0.2, 0) is 26.0 Å². The summed E-state index contributed by atoms with van der Waals surface area (Å²) in [5.74, 6) is -0.598. The number of carbonyl (C=O) groups excluding carboxylic acids is 2. The number of anilines is 2. The van der Waals surface area contributed by atoms with Gasteiger partial charge in [-0.05, 0) is 30.7 Å². The number of carbonyl (C=O) groups is 2. The van der Waals surface area contributed by atoms with Crippen LogP contribution in [0.5, 0.6) is 0 Å². The maximum Gasteiger partial charge on any atom is 0.240 e. The number of nitrogens with zero attached hydrogens (tertiary/aromatic N) is 2. The van der Waals surface area contributed by atoms with E-state index in [1.54, 1.807) is 0 Å². The highest BCUT2D eigenvalue weighted by atomic mass is 32.2. The summed E-state index contributed by atoms with van der Waals surface area (Å²) >= 11 is 1.28. The summed E-state index contributed by atoms with van der Waals surface area (Å²) in [6.07, 6.45) is 0.693. The lowest BCUT2D eigenvalue weighted by Crippen LogP contribution is -2.27. The molecule has 0 fully saturated rings. The molecule has 1 aromatic carbocycles. The summed E-state index contributed by atoms with van der Waals surface area (Å²) in [7, 11) is -3.74. The molecule has 0 atom stereocenters. The fraction of sp³-hybridized carbons (Fsp3) is 0.333. The zero-order valence-corrected chi connectivity index (χ0v) is 15.9. The van der Waals surface area contributed by atoms with Crippen LogP contribution < -0.4 is 15.4 Å². The number of amides is 2. The van der Waals surface area contributed by atoms with Crippen LogP contribution in [-0.4, -0.2) is 37.0 Å². The van der Waals surface area contributed by atoms with E-state index >= 15 is 0 Å². The first kappa shape index (κ1) is 19.9. The van der Waals surface area contributed by atoms with Crippen molar-refractivity contribution < 1.29 is 18.0 Å². The molecule has 11 heteroatoms. The molecule has 3 N–H and O–H groups in total. The van der Waals surface area contributed by atoms with E-state index in [1.807, 2.05) is 6.92 Å². The van der Waals surface area contributed by atoms with Gasteiger partial charge in [0.15, 0.2) is 0 Å². The molecule has 26 heavy (non-hydrogen) atoms. The van der Waals surface area contributed by atoms with Crippen LogP contribution >= 0.6 is 11.3 Å². The fourth-order valence-corrected chi connectivity index (χ4v) is 3.66. The third-order valence-electron chi connectivity index (χ3n) is 3.14. The molecule has 2 amide bonds. The second-order valence-electron chi connectivity index (χ2n) is 5.26. The van der Waals surface area contributed by atoms with E-state index in [0.717, 1.165) is 11.4 Å². The second kappa shape index (κ2) is 8.83. The Morgan fingerprint density at radius 3 is 2.38 bits per heavy atom. The van der Waals surface area contributed by atoms with Gasteiger partial charge in [0.05, 0.1) is 4.90 Å². The van der Waals surface area contributed by atoms with Gasteiger partial charge in [-0.1, -0.05) is 18.3 Å².